The molecule has 3 amide bonds. The number of hydrogen-bond donors (Lipinski definition) is 8. The molecule has 1 heterocycles. The zero-order valence-electron chi connectivity index (χ0n) is 52.7. The molecule has 0 radical (unpaired) electrons. The summed E-state index contributed by atoms with van der Waals surface area (Å²) >= 11 is 0. The molecular formula is C64H88N10O18. The van der Waals surface area contributed by atoms with Crippen LogP contribution in [0.3, 0.4) is 0 Å². The van der Waals surface area contributed by atoms with Gasteiger partial charge in [0, 0.05) is 106 Å². The molecule has 0 unspecified atom stereocenters. The molecule has 0 spiro atoms. The molecule has 4 aromatic carbocycles. The number of rotatable bonds is 17. The molecule has 28 heteroatoms. The molecule has 10 N–H and O–H groups in total. The van der Waals surface area contributed by atoms with Crippen LogP contribution in [0.15, 0.2) is 72.8 Å². The summed E-state index contributed by atoms with van der Waals surface area (Å²) in [5.74, 6) is 0.154. The molecule has 10 rings (SSSR count). The van der Waals surface area contributed by atoms with Gasteiger partial charge in [-0.15, -0.1) is 0 Å². The molecule has 0 aromatic heterocycles. The molecule has 6 aliphatic rings. The number of non-ortho nitro benzene ring substituents is 3. The summed E-state index contributed by atoms with van der Waals surface area (Å²) in [5, 5.41) is 67.8. The number of nitrogens with one attached hydrogen (secondary N) is 3. The van der Waals surface area contributed by atoms with Crippen LogP contribution in [-0.2, 0) is 4.79 Å². The fourth-order valence-electron chi connectivity index (χ4n) is 11.6. The second-order valence-electron chi connectivity index (χ2n) is 23.8. The van der Waals surface area contributed by atoms with Gasteiger partial charge in [0.2, 0.25) is 0 Å². The van der Waals surface area contributed by atoms with Gasteiger partial charge in [-0.05, 0) is 139 Å². The highest BCUT2D eigenvalue weighted by Gasteiger charge is 2.32. The molecule has 1 aliphatic heterocycles. The Kier molecular flexibility index (Phi) is 28.3. The summed E-state index contributed by atoms with van der Waals surface area (Å²) in [4.78, 5) is 94.3. The van der Waals surface area contributed by atoms with E-state index in [4.69, 9.17) is 40.6 Å². The highest BCUT2D eigenvalue weighted by molar-refractivity contribution is 5.99. The van der Waals surface area contributed by atoms with E-state index >= 15 is 0 Å². The van der Waals surface area contributed by atoms with Crippen molar-refractivity contribution in [3.63, 3.8) is 0 Å². The predicted octanol–water partition coefficient (Wildman–Crippen LogP) is 7.38. The van der Waals surface area contributed by atoms with Crippen molar-refractivity contribution < 1.29 is 73.0 Å². The van der Waals surface area contributed by atoms with Crippen molar-refractivity contribution in [3.8, 4) is 23.0 Å². The van der Waals surface area contributed by atoms with Crippen molar-refractivity contribution in [2.45, 2.75) is 158 Å². The molecule has 1 saturated heterocycles. The van der Waals surface area contributed by atoms with Gasteiger partial charge in [0.15, 0.2) is 0 Å². The molecule has 5 saturated carbocycles. The molecule has 6 fully saturated rings. The molecule has 28 nitrogen and oxygen atoms in total. The number of aliphatic hydroxyl groups excluding tert-OH is 2. The number of methoxy groups -OCH3 is 4. The third kappa shape index (κ3) is 22.7. The van der Waals surface area contributed by atoms with Gasteiger partial charge in [0.25, 0.3) is 34.8 Å². The van der Waals surface area contributed by atoms with E-state index in [0.29, 0.717) is 67.6 Å². The van der Waals surface area contributed by atoms with E-state index in [-0.39, 0.29) is 105 Å². The van der Waals surface area contributed by atoms with Crippen LogP contribution >= 0.6 is 0 Å². The minimum absolute atomic E-state index is 0.0146. The predicted molar refractivity (Wildman–Crippen MR) is 340 cm³/mol. The van der Waals surface area contributed by atoms with Crippen LogP contribution in [-0.4, -0.2) is 173 Å². The van der Waals surface area contributed by atoms with E-state index in [1.807, 2.05) is 0 Å². The van der Waals surface area contributed by atoms with Crippen LogP contribution < -0.4 is 46.4 Å². The lowest BCUT2D eigenvalue weighted by Crippen LogP contribution is -2.52. The van der Waals surface area contributed by atoms with Gasteiger partial charge in [-0.1, -0.05) is 0 Å². The minimum atomic E-state index is -1.18. The number of nitrogens with zero attached hydrogens (tertiary/aromatic N) is 5. The Labute approximate surface area is 534 Å². The third-order valence-electron chi connectivity index (χ3n) is 17.2. The molecule has 5 aliphatic carbocycles. The fourth-order valence-corrected chi connectivity index (χ4v) is 11.6. The molecule has 502 valence electrons. The number of nitro groups is 3. The SMILES string of the molecule is COc1cc(N)ccc1C(=O)NC1CCC(N2CCN(CC3CC3)CC2)CC1.COc1cc([N+](=O)[O-])ccc1C(=O)NC1CCC(=O)CC1.COc1cc([N+](=O)[O-])ccc1C(=O)NC1CCC(O)CC1.COc1cc([N+](=O)[O-])ccc1C(=O)O.NC1CCC(O)CC1. The maximum absolute atomic E-state index is 12.7. The molecule has 4 aromatic rings. The first-order valence-corrected chi connectivity index (χ1v) is 31.2. The zero-order valence-corrected chi connectivity index (χ0v) is 52.7. The van der Waals surface area contributed by atoms with Crippen molar-refractivity contribution in [3.05, 3.63) is 125 Å². The number of carbonyl (C=O) groups excluding carboxylic acids is 4. The van der Waals surface area contributed by atoms with Crippen molar-refractivity contribution in [1.29, 1.82) is 0 Å². The summed E-state index contributed by atoms with van der Waals surface area (Å²) in [6.45, 7) is 6.18. The van der Waals surface area contributed by atoms with Gasteiger partial charge in [-0.3, -0.25) is 54.4 Å². The number of Topliss-reactive ketones (excluding diaryl/α,β-unsaturated/α-hetero) is 1. The summed E-state index contributed by atoms with van der Waals surface area (Å²) in [6, 6.07) is 17.6. The van der Waals surface area contributed by atoms with Gasteiger partial charge in [-0.2, -0.15) is 0 Å². The Balaban J connectivity index is 0.000000191. The van der Waals surface area contributed by atoms with E-state index in [0.717, 1.165) is 75.5 Å². The second-order valence-corrected chi connectivity index (χ2v) is 23.8. The summed E-state index contributed by atoms with van der Waals surface area (Å²) in [7, 11) is 5.55. The van der Waals surface area contributed by atoms with E-state index < -0.39 is 20.7 Å². The molecule has 92 heavy (non-hydrogen) atoms. The van der Waals surface area contributed by atoms with Gasteiger partial charge in [-0.25, -0.2) is 4.79 Å². The Bertz CT molecular complexity index is 3130. The number of nitrogen functional groups attached to an aromatic ring is 1. The summed E-state index contributed by atoms with van der Waals surface area (Å²) in [6.07, 6.45) is 15.8. The minimum Gasteiger partial charge on any atom is -0.496 e. The molecular weight excluding hydrogens is 1200 g/mol. The van der Waals surface area contributed by atoms with Gasteiger partial charge >= 0.3 is 5.97 Å². The Hall–Kier alpha value is -8.57. The number of nitro benzene ring substituents is 3. The van der Waals surface area contributed by atoms with Crippen molar-refractivity contribution >= 4 is 52.2 Å². The second kappa shape index (κ2) is 35.9. The van der Waals surface area contributed by atoms with Crippen molar-refractivity contribution in [2.75, 3.05) is 66.9 Å². The number of carboxylic acids is 1. The lowest BCUT2D eigenvalue weighted by atomic mass is 9.89. The first kappa shape index (κ1) is 72.5. The number of aliphatic hydroxyl groups is 2. The van der Waals surface area contributed by atoms with Gasteiger partial charge in [0.05, 0.1) is 90.3 Å². The smallest absolute Gasteiger partial charge is 0.339 e. The lowest BCUT2D eigenvalue weighted by molar-refractivity contribution is -0.385. The Morgan fingerprint density at radius 3 is 1.25 bits per heavy atom. The van der Waals surface area contributed by atoms with Gasteiger partial charge < -0.3 is 66.6 Å². The number of aromatic carboxylic acids is 1. The largest absolute Gasteiger partial charge is 0.496 e. The number of anilines is 1. The number of ether oxygens (including phenoxy) is 4. The number of carboxylic acid groups (broad SMARTS) is 1. The van der Waals surface area contributed by atoms with Crippen molar-refractivity contribution in [2.24, 2.45) is 11.7 Å². The standard InChI is InChI=1S/C22H34N4O2.C14H18N2O5.C14H16N2O5.C8H7NO5.C6H13NO/c1-28-21-14-17(23)4-9-20(21)22(27)24-18-5-7-19(8-6-18)26-12-10-25(11-13-26)15-16-2-3-16;2*1-21-13-8-10(16(19)20)4-7-12(13)14(18)15-9-2-5-11(17)6-3-9;1-14-7-4-5(9(12)13)2-3-6(7)8(10)11;7-5-1-3-6(8)4-2-5/h4,9,14,16,18-19H,2-3,5-8,10-13,15,23H2,1H3,(H,24,27);4,7-9,11,17H,2-3,5-6H2,1H3,(H,15,18);4,7-9H,2-3,5-6H2,1H3,(H,15,18);2-4H,1H3,(H,10,11);5-6,8H,1-4,7H2. The Morgan fingerprint density at radius 1 is 0.511 bits per heavy atom. The number of hydrogen-bond acceptors (Lipinski definition) is 21. The highest BCUT2D eigenvalue weighted by atomic mass is 16.6. The normalized spacial score (nSPS) is 21.5. The number of amides is 3. The van der Waals surface area contributed by atoms with Crippen LogP contribution in [0.2, 0.25) is 0 Å². The number of nitrogens with two attached hydrogens (primary N) is 2. The van der Waals surface area contributed by atoms with Crippen LogP contribution in [0.4, 0.5) is 22.7 Å². The average molecular weight is 1290 g/mol. The monoisotopic (exact) mass is 1280 g/mol. The van der Waals surface area contributed by atoms with Crippen LogP contribution in [0.5, 0.6) is 23.0 Å². The summed E-state index contributed by atoms with van der Waals surface area (Å²) < 4.78 is 20.1. The van der Waals surface area contributed by atoms with E-state index in [2.05, 4.69) is 25.8 Å². The van der Waals surface area contributed by atoms with E-state index in [1.165, 1.54) is 116 Å². The number of ketones is 1. The van der Waals surface area contributed by atoms with E-state index in [9.17, 15) is 59.4 Å². The highest BCUT2D eigenvalue weighted by Crippen LogP contribution is 2.32. The van der Waals surface area contributed by atoms with Crippen LogP contribution in [0, 0.1) is 36.3 Å². The first-order valence-electron chi connectivity index (χ1n) is 31.2. The van der Waals surface area contributed by atoms with Crippen molar-refractivity contribution in [1.82, 2.24) is 25.8 Å². The van der Waals surface area contributed by atoms with E-state index in [1.54, 1.807) is 25.3 Å². The quantitative estimate of drug-likeness (QED) is 0.0290. The zero-order chi connectivity index (χ0) is 67.0. The molecule has 0 atom stereocenters. The maximum atomic E-state index is 12.7. The fraction of sp³-hybridized carbons (Fsp3) is 0.547. The average Bonchev–Trinajstić information content (AvgIpc) is 1.07. The number of benzene rings is 4. The maximum Gasteiger partial charge on any atom is 0.339 e. The molecule has 0 bridgehead atoms. The van der Waals surface area contributed by atoms with Crippen LogP contribution in [0.25, 0.3) is 0 Å². The third-order valence-corrected chi connectivity index (χ3v) is 17.2. The Morgan fingerprint density at radius 2 is 0.870 bits per heavy atom. The topological polar surface area (TPSA) is 407 Å². The lowest BCUT2D eigenvalue weighted by Gasteiger charge is -2.42. The van der Waals surface area contributed by atoms with Crippen LogP contribution in [0.1, 0.15) is 157 Å². The number of carbonyl (C=O) groups is 5. The van der Waals surface area contributed by atoms with Gasteiger partial charge in [0.1, 0.15) is 34.3 Å². The summed E-state index contributed by atoms with van der Waals surface area (Å²) in [5.41, 5.74) is 12.5. The first-order chi connectivity index (χ1) is 44.0. The number of piperazine rings is 1.